The lowest BCUT2D eigenvalue weighted by atomic mass is 10.2. The second kappa shape index (κ2) is 8.02. The Bertz CT molecular complexity index is 640. The van der Waals surface area contributed by atoms with Gasteiger partial charge in [0.25, 0.3) is 0 Å². The minimum Gasteiger partial charge on any atom is -0.383 e. The third kappa shape index (κ3) is 5.00. The van der Waals surface area contributed by atoms with Crippen LogP contribution in [0.5, 0.6) is 0 Å². The molecule has 1 aromatic rings. The summed E-state index contributed by atoms with van der Waals surface area (Å²) in [5.41, 5.74) is -0.131. The standard InChI is InChI=1S/C14H15F2N3O3S/c1-22-5-4-17-14-19-13(21)11(23-14)7-12(20)18-10-3-2-8(15)6-9(10)16/h2-3,6,11H,4-5,7H2,1H3,(H,18,20)(H,17,19,21)/t11-/m1/s1. The molecule has 1 atom stereocenters. The number of thioether (sulfide) groups is 1. The van der Waals surface area contributed by atoms with E-state index in [2.05, 4.69) is 15.6 Å². The Kier molecular flexibility index (Phi) is 6.05. The number of benzene rings is 1. The summed E-state index contributed by atoms with van der Waals surface area (Å²) in [5, 5.41) is 4.67. The Morgan fingerprint density at radius 3 is 2.96 bits per heavy atom. The quantitative estimate of drug-likeness (QED) is 0.768. The molecule has 0 spiro atoms. The second-order valence-electron chi connectivity index (χ2n) is 4.65. The molecule has 23 heavy (non-hydrogen) atoms. The molecule has 6 nitrogen and oxygen atoms in total. The van der Waals surface area contributed by atoms with Gasteiger partial charge in [0.05, 0.1) is 18.8 Å². The van der Waals surface area contributed by atoms with Crippen molar-refractivity contribution in [2.75, 3.05) is 25.6 Å². The van der Waals surface area contributed by atoms with E-state index in [9.17, 15) is 18.4 Å². The number of carbonyl (C=O) groups excluding carboxylic acids is 2. The molecule has 0 bridgehead atoms. The van der Waals surface area contributed by atoms with Crippen molar-refractivity contribution in [2.24, 2.45) is 4.99 Å². The molecule has 0 aliphatic carbocycles. The fraction of sp³-hybridized carbons (Fsp3) is 0.357. The first-order valence-electron chi connectivity index (χ1n) is 6.75. The van der Waals surface area contributed by atoms with Crippen molar-refractivity contribution in [3.05, 3.63) is 29.8 Å². The second-order valence-corrected chi connectivity index (χ2v) is 5.84. The van der Waals surface area contributed by atoms with Crippen LogP contribution in [0.1, 0.15) is 6.42 Å². The van der Waals surface area contributed by atoms with Crippen molar-refractivity contribution >= 4 is 34.4 Å². The van der Waals surface area contributed by atoms with Gasteiger partial charge in [-0.1, -0.05) is 11.8 Å². The number of nitrogens with zero attached hydrogens (tertiary/aromatic N) is 1. The van der Waals surface area contributed by atoms with E-state index in [1.807, 2.05) is 0 Å². The third-order valence-electron chi connectivity index (χ3n) is 2.90. The maximum absolute atomic E-state index is 13.5. The summed E-state index contributed by atoms with van der Waals surface area (Å²) in [6, 6.07) is 2.84. The van der Waals surface area contributed by atoms with Gasteiger partial charge >= 0.3 is 0 Å². The number of amidine groups is 1. The molecule has 124 valence electrons. The Labute approximate surface area is 135 Å². The lowest BCUT2D eigenvalue weighted by Gasteiger charge is -2.08. The Balaban J connectivity index is 1.90. The van der Waals surface area contributed by atoms with Crippen LogP contribution in [-0.2, 0) is 14.3 Å². The molecule has 0 radical (unpaired) electrons. The summed E-state index contributed by atoms with van der Waals surface area (Å²) in [5.74, 6) is -2.48. The van der Waals surface area contributed by atoms with E-state index in [1.165, 1.54) is 0 Å². The molecule has 2 N–H and O–H groups in total. The molecule has 2 rings (SSSR count). The topological polar surface area (TPSA) is 79.8 Å². The van der Waals surface area contributed by atoms with Gasteiger partial charge in [-0.15, -0.1) is 0 Å². The van der Waals surface area contributed by atoms with Crippen molar-refractivity contribution < 1.29 is 23.1 Å². The number of aliphatic imine (C=N–C) groups is 1. The molecular formula is C14H15F2N3O3S. The zero-order valence-electron chi connectivity index (χ0n) is 12.3. The number of carbonyl (C=O) groups is 2. The number of rotatable bonds is 6. The maximum Gasteiger partial charge on any atom is 0.240 e. The van der Waals surface area contributed by atoms with Crippen LogP contribution in [0.25, 0.3) is 0 Å². The Morgan fingerprint density at radius 1 is 1.48 bits per heavy atom. The molecule has 1 saturated heterocycles. The SMILES string of the molecule is COCCN=C1NC(=O)[C@@H](CC(=O)Nc2ccc(F)cc2F)S1. The minimum atomic E-state index is -0.872. The first kappa shape index (κ1) is 17.4. The van der Waals surface area contributed by atoms with E-state index in [0.29, 0.717) is 24.4 Å². The van der Waals surface area contributed by atoms with Gasteiger partial charge in [-0.05, 0) is 12.1 Å². The van der Waals surface area contributed by atoms with Crippen LogP contribution in [-0.4, -0.2) is 42.5 Å². The molecule has 1 aliphatic rings. The van der Waals surface area contributed by atoms with E-state index in [-0.39, 0.29) is 18.0 Å². The zero-order chi connectivity index (χ0) is 16.8. The normalized spacial score (nSPS) is 19.0. The number of hydrogen-bond acceptors (Lipinski definition) is 5. The highest BCUT2D eigenvalue weighted by Crippen LogP contribution is 2.23. The molecule has 1 heterocycles. The number of nitrogens with one attached hydrogen (secondary N) is 2. The van der Waals surface area contributed by atoms with Crippen LogP contribution in [0.15, 0.2) is 23.2 Å². The molecule has 0 saturated carbocycles. The summed E-state index contributed by atoms with van der Waals surface area (Å²) >= 11 is 1.13. The smallest absolute Gasteiger partial charge is 0.240 e. The number of anilines is 1. The van der Waals surface area contributed by atoms with Gasteiger partial charge in [0.1, 0.15) is 16.9 Å². The summed E-state index contributed by atoms with van der Waals surface area (Å²) in [6.07, 6.45) is -0.142. The van der Waals surface area contributed by atoms with Crippen molar-refractivity contribution in [1.29, 1.82) is 0 Å². The van der Waals surface area contributed by atoms with Crippen LogP contribution < -0.4 is 10.6 Å². The average molecular weight is 343 g/mol. The number of halogens is 2. The summed E-state index contributed by atoms with van der Waals surface area (Å²) in [4.78, 5) is 27.8. The third-order valence-corrected chi connectivity index (χ3v) is 4.02. The molecule has 9 heteroatoms. The van der Waals surface area contributed by atoms with Crippen LogP contribution in [0, 0.1) is 11.6 Å². The maximum atomic E-state index is 13.5. The molecular weight excluding hydrogens is 328 g/mol. The number of amides is 2. The minimum absolute atomic E-state index is 0.131. The van der Waals surface area contributed by atoms with Gasteiger partial charge in [-0.2, -0.15) is 0 Å². The lowest BCUT2D eigenvalue weighted by Crippen LogP contribution is -2.28. The summed E-state index contributed by atoms with van der Waals surface area (Å²) in [6.45, 7) is 0.827. The van der Waals surface area contributed by atoms with Crippen molar-refractivity contribution in [1.82, 2.24) is 5.32 Å². The van der Waals surface area contributed by atoms with Gasteiger partial charge in [0.2, 0.25) is 11.8 Å². The molecule has 1 aromatic carbocycles. The van der Waals surface area contributed by atoms with E-state index in [4.69, 9.17) is 4.74 Å². The van der Waals surface area contributed by atoms with Crippen molar-refractivity contribution in [2.45, 2.75) is 11.7 Å². The van der Waals surface area contributed by atoms with Crippen molar-refractivity contribution in [3.63, 3.8) is 0 Å². The fourth-order valence-electron chi connectivity index (χ4n) is 1.81. The predicted molar refractivity (Wildman–Crippen MR) is 83.3 cm³/mol. The Morgan fingerprint density at radius 2 is 2.26 bits per heavy atom. The highest BCUT2D eigenvalue weighted by molar-refractivity contribution is 8.15. The van der Waals surface area contributed by atoms with Gasteiger partial charge in [0, 0.05) is 19.6 Å². The number of ether oxygens (including phenoxy) is 1. The van der Waals surface area contributed by atoms with Crippen molar-refractivity contribution in [3.8, 4) is 0 Å². The van der Waals surface area contributed by atoms with Gasteiger partial charge < -0.3 is 15.4 Å². The molecule has 1 aliphatic heterocycles. The monoisotopic (exact) mass is 343 g/mol. The van der Waals surface area contributed by atoms with Gasteiger partial charge in [0.15, 0.2) is 5.17 Å². The van der Waals surface area contributed by atoms with Crippen LogP contribution in [0.2, 0.25) is 0 Å². The van der Waals surface area contributed by atoms with Gasteiger partial charge in [-0.25, -0.2) is 8.78 Å². The average Bonchev–Trinajstić information content (AvgIpc) is 2.82. The largest absolute Gasteiger partial charge is 0.383 e. The van der Waals surface area contributed by atoms with E-state index in [0.717, 1.165) is 23.9 Å². The van der Waals surface area contributed by atoms with Crippen LogP contribution in [0.4, 0.5) is 14.5 Å². The predicted octanol–water partition coefficient (Wildman–Crippen LogP) is 1.53. The van der Waals surface area contributed by atoms with E-state index >= 15 is 0 Å². The van der Waals surface area contributed by atoms with Gasteiger partial charge in [-0.3, -0.25) is 14.6 Å². The molecule has 2 amide bonds. The fourth-order valence-corrected chi connectivity index (χ4v) is 2.81. The highest BCUT2D eigenvalue weighted by Gasteiger charge is 2.32. The zero-order valence-corrected chi connectivity index (χ0v) is 13.1. The molecule has 0 unspecified atom stereocenters. The Hall–Kier alpha value is -2.00. The first-order valence-corrected chi connectivity index (χ1v) is 7.63. The van der Waals surface area contributed by atoms with E-state index in [1.54, 1.807) is 7.11 Å². The number of methoxy groups -OCH3 is 1. The molecule has 1 fully saturated rings. The first-order chi connectivity index (χ1) is 11.0. The number of hydrogen-bond donors (Lipinski definition) is 2. The van der Waals surface area contributed by atoms with Crippen LogP contribution in [0.3, 0.4) is 0 Å². The van der Waals surface area contributed by atoms with E-state index < -0.39 is 22.8 Å². The summed E-state index contributed by atoms with van der Waals surface area (Å²) < 4.78 is 31.1. The highest BCUT2D eigenvalue weighted by atomic mass is 32.2. The summed E-state index contributed by atoms with van der Waals surface area (Å²) in [7, 11) is 1.54. The van der Waals surface area contributed by atoms with Crippen LogP contribution >= 0.6 is 11.8 Å². The lowest BCUT2D eigenvalue weighted by molar-refractivity contribution is -0.122. The molecule has 0 aromatic heterocycles.